The molecule has 3 heterocycles. The summed E-state index contributed by atoms with van der Waals surface area (Å²) in [7, 11) is 0. The third kappa shape index (κ3) is 3.16. The number of aromatic nitrogens is 3. The molecule has 8 heteroatoms. The van der Waals surface area contributed by atoms with Crippen molar-refractivity contribution in [3.8, 4) is 0 Å². The highest BCUT2D eigenvalue weighted by atomic mass is 19.1. The molecule has 0 spiro atoms. The van der Waals surface area contributed by atoms with Crippen LogP contribution in [0.3, 0.4) is 0 Å². The number of hydrogen-bond acceptors (Lipinski definition) is 5. The fraction of sp³-hybridized carbons (Fsp3) is 0.235. The molecule has 7 nitrogen and oxygen atoms in total. The summed E-state index contributed by atoms with van der Waals surface area (Å²) in [4.78, 5) is 12.3. The summed E-state index contributed by atoms with van der Waals surface area (Å²) in [6.45, 7) is 0.898. The van der Waals surface area contributed by atoms with Crippen LogP contribution in [0.15, 0.2) is 47.1 Å². The number of halogens is 1. The van der Waals surface area contributed by atoms with Gasteiger partial charge in [-0.2, -0.15) is 0 Å². The van der Waals surface area contributed by atoms with E-state index in [4.69, 9.17) is 9.15 Å². The third-order valence-electron chi connectivity index (χ3n) is 4.06. The lowest BCUT2D eigenvalue weighted by Crippen LogP contribution is -2.27. The zero-order valence-corrected chi connectivity index (χ0v) is 13.2. The van der Waals surface area contributed by atoms with Crippen molar-refractivity contribution in [2.75, 3.05) is 0 Å². The molecule has 1 atom stereocenters. The Bertz CT molecular complexity index is 874. The first-order valence-corrected chi connectivity index (χ1v) is 7.81. The van der Waals surface area contributed by atoms with Gasteiger partial charge in [-0.3, -0.25) is 4.79 Å². The zero-order chi connectivity index (χ0) is 17.2. The van der Waals surface area contributed by atoms with E-state index < -0.39 is 0 Å². The van der Waals surface area contributed by atoms with Crippen molar-refractivity contribution in [2.24, 2.45) is 0 Å². The van der Waals surface area contributed by atoms with E-state index in [0.717, 1.165) is 5.56 Å². The van der Waals surface area contributed by atoms with Crippen LogP contribution >= 0.6 is 0 Å². The van der Waals surface area contributed by atoms with Crippen LogP contribution in [-0.4, -0.2) is 20.9 Å². The van der Waals surface area contributed by atoms with Gasteiger partial charge >= 0.3 is 0 Å². The van der Waals surface area contributed by atoms with Crippen molar-refractivity contribution in [1.82, 2.24) is 20.3 Å². The van der Waals surface area contributed by atoms with Gasteiger partial charge in [0.1, 0.15) is 17.7 Å². The second-order valence-corrected chi connectivity index (χ2v) is 5.68. The van der Waals surface area contributed by atoms with Gasteiger partial charge in [-0.05, 0) is 29.8 Å². The van der Waals surface area contributed by atoms with Crippen molar-refractivity contribution in [3.05, 3.63) is 71.2 Å². The fourth-order valence-corrected chi connectivity index (χ4v) is 2.73. The standard InChI is InChI=1S/C17H15FN4O3/c18-12-5-3-11(4-6-12)15-9-22-14(10-25-15)16(20-21-22)17(23)19-8-13-2-1-7-24-13/h1-7,15H,8-10H2,(H,19,23). The average Bonchev–Trinajstić information content (AvgIpc) is 3.29. The Hall–Kier alpha value is -3.00. The summed E-state index contributed by atoms with van der Waals surface area (Å²) >= 11 is 0. The number of fused-ring (bicyclic) bond motifs is 1. The van der Waals surface area contributed by atoms with Gasteiger partial charge in [0.05, 0.1) is 31.7 Å². The van der Waals surface area contributed by atoms with E-state index in [1.54, 1.807) is 35.2 Å². The van der Waals surface area contributed by atoms with Crippen LogP contribution in [0, 0.1) is 5.82 Å². The highest BCUT2D eigenvalue weighted by Gasteiger charge is 2.27. The molecule has 1 amide bonds. The topological polar surface area (TPSA) is 82.2 Å². The summed E-state index contributed by atoms with van der Waals surface area (Å²) in [5.74, 6) is 0.0278. The Morgan fingerprint density at radius 2 is 2.16 bits per heavy atom. The summed E-state index contributed by atoms with van der Waals surface area (Å²) in [5.41, 5.74) is 1.71. The first-order chi connectivity index (χ1) is 12.2. The Morgan fingerprint density at radius 3 is 2.92 bits per heavy atom. The lowest BCUT2D eigenvalue weighted by atomic mass is 10.1. The van der Waals surface area contributed by atoms with Gasteiger partial charge in [0.15, 0.2) is 5.69 Å². The zero-order valence-electron chi connectivity index (χ0n) is 13.2. The van der Waals surface area contributed by atoms with Crippen molar-refractivity contribution in [3.63, 3.8) is 0 Å². The molecular formula is C17H15FN4O3. The molecule has 0 radical (unpaired) electrons. The minimum Gasteiger partial charge on any atom is -0.467 e. The van der Waals surface area contributed by atoms with Crippen LogP contribution in [-0.2, 0) is 24.4 Å². The number of nitrogens with zero attached hydrogens (tertiary/aromatic N) is 3. The normalized spacial score (nSPS) is 16.4. The van der Waals surface area contributed by atoms with Crippen molar-refractivity contribution in [2.45, 2.75) is 25.8 Å². The molecule has 128 valence electrons. The van der Waals surface area contributed by atoms with E-state index in [0.29, 0.717) is 18.0 Å². The Labute approximate surface area is 142 Å². The molecule has 0 bridgehead atoms. The van der Waals surface area contributed by atoms with Gasteiger partial charge in [0.25, 0.3) is 5.91 Å². The molecule has 1 unspecified atom stereocenters. The van der Waals surface area contributed by atoms with E-state index in [-0.39, 0.29) is 36.7 Å². The Morgan fingerprint density at radius 1 is 1.32 bits per heavy atom. The Balaban J connectivity index is 1.46. The minimum absolute atomic E-state index is 0.207. The fourth-order valence-electron chi connectivity index (χ4n) is 2.73. The van der Waals surface area contributed by atoms with Crippen LogP contribution in [0.2, 0.25) is 0 Å². The summed E-state index contributed by atoms with van der Waals surface area (Å²) in [5, 5.41) is 10.8. The third-order valence-corrected chi connectivity index (χ3v) is 4.06. The molecule has 1 N–H and O–H groups in total. The minimum atomic E-state index is -0.332. The Kier molecular flexibility index (Phi) is 4.02. The second kappa shape index (κ2) is 6.48. The molecule has 4 rings (SSSR count). The number of benzene rings is 1. The maximum absolute atomic E-state index is 13.0. The predicted octanol–water partition coefficient (Wildman–Crippen LogP) is 2.21. The van der Waals surface area contributed by atoms with E-state index in [1.165, 1.54) is 12.1 Å². The number of furan rings is 1. The van der Waals surface area contributed by atoms with E-state index in [1.807, 2.05) is 0 Å². The van der Waals surface area contributed by atoms with E-state index >= 15 is 0 Å². The molecule has 1 aliphatic rings. The second-order valence-electron chi connectivity index (χ2n) is 5.68. The maximum Gasteiger partial charge on any atom is 0.274 e. The molecule has 0 saturated carbocycles. The summed E-state index contributed by atoms with van der Waals surface area (Å²) in [6.07, 6.45) is 1.29. The predicted molar refractivity (Wildman–Crippen MR) is 83.8 cm³/mol. The lowest BCUT2D eigenvalue weighted by Gasteiger charge is -2.24. The number of amides is 1. The van der Waals surface area contributed by atoms with Crippen LogP contribution < -0.4 is 5.32 Å². The van der Waals surface area contributed by atoms with Crippen molar-refractivity contribution >= 4 is 5.91 Å². The highest BCUT2D eigenvalue weighted by Crippen LogP contribution is 2.27. The molecule has 3 aromatic rings. The smallest absolute Gasteiger partial charge is 0.274 e. The number of carbonyl (C=O) groups excluding carboxylic acids is 1. The van der Waals surface area contributed by atoms with Crippen LogP contribution in [0.1, 0.15) is 33.6 Å². The first kappa shape index (κ1) is 15.5. The number of rotatable bonds is 4. The number of ether oxygens (including phenoxy) is 1. The highest BCUT2D eigenvalue weighted by molar-refractivity contribution is 5.93. The van der Waals surface area contributed by atoms with Crippen LogP contribution in [0.4, 0.5) is 4.39 Å². The van der Waals surface area contributed by atoms with Gasteiger partial charge in [-0.1, -0.05) is 17.3 Å². The number of hydrogen-bond donors (Lipinski definition) is 1. The summed E-state index contributed by atoms with van der Waals surface area (Å²) < 4.78 is 25.7. The molecular weight excluding hydrogens is 327 g/mol. The SMILES string of the molecule is O=C(NCc1ccco1)c1nnn2c1COC(c1ccc(F)cc1)C2. The largest absolute Gasteiger partial charge is 0.467 e. The molecule has 25 heavy (non-hydrogen) atoms. The molecule has 0 aliphatic carbocycles. The molecule has 1 aliphatic heterocycles. The maximum atomic E-state index is 13.0. The molecule has 0 fully saturated rings. The quantitative estimate of drug-likeness (QED) is 0.786. The van der Waals surface area contributed by atoms with Crippen LogP contribution in [0.5, 0.6) is 0 Å². The molecule has 0 saturated heterocycles. The first-order valence-electron chi connectivity index (χ1n) is 7.81. The van der Waals surface area contributed by atoms with Gasteiger partial charge in [-0.25, -0.2) is 9.07 Å². The van der Waals surface area contributed by atoms with Gasteiger partial charge in [0, 0.05) is 0 Å². The molecule has 2 aromatic heterocycles. The molecule has 1 aromatic carbocycles. The van der Waals surface area contributed by atoms with E-state index in [2.05, 4.69) is 15.6 Å². The van der Waals surface area contributed by atoms with Gasteiger partial charge in [-0.15, -0.1) is 5.10 Å². The summed E-state index contributed by atoms with van der Waals surface area (Å²) in [6, 6.07) is 9.67. The number of carbonyl (C=O) groups is 1. The van der Waals surface area contributed by atoms with Crippen molar-refractivity contribution in [1.29, 1.82) is 0 Å². The lowest BCUT2D eigenvalue weighted by molar-refractivity contribution is -0.00180. The number of nitrogens with one attached hydrogen (secondary N) is 1. The van der Waals surface area contributed by atoms with E-state index in [9.17, 15) is 9.18 Å². The van der Waals surface area contributed by atoms with Crippen molar-refractivity contribution < 1.29 is 18.3 Å². The van der Waals surface area contributed by atoms with Gasteiger partial charge in [0.2, 0.25) is 0 Å². The average molecular weight is 342 g/mol. The van der Waals surface area contributed by atoms with Gasteiger partial charge < -0.3 is 14.5 Å². The van der Waals surface area contributed by atoms with Crippen LogP contribution in [0.25, 0.3) is 0 Å². The monoisotopic (exact) mass is 342 g/mol.